The molecule has 3 heterocycles. The van der Waals surface area contributed by atoms with E-state index in [1.165, 1.54) is 16.9 Å². The van der Waals surface area contributed by atoms with Gasteiger partial charge in [-0.25, -0.2) is 13.9 Å². The molecule has 0 unspecified atom stereocenters. The minimum absolute atomic E-state index is 0.00565. The number of pyridine rings is 1. The first-order chi connectivity index (χ1) is 14.2. The van der Waals surface area contributed by atoms with Crippen molar-refractivity contribution in [1.82, 2.24) is 30.2 Å². The maximum atomic E-state index is 13.1. The Balaban J connectivity index is 1.56. The SMILES string of the molecule is O=C(CCC(F)(F)F)NCc1cnn2cc(CNC(=O)c3cncc(F)c3)nc2c1. The average molecular weight is 424 g/mol. The summed E-state index contributed by atoms with van der Waals surface area (Å²) in [6.07, 6.45) is -0.973. The lowest BCUT2D eigenvalue weighted by Crippen LogP contribution is -2.24. The van der Waals surface area contributed by atoms with Gasteiger partial charge in [0.1, 0.15) is 5.82 Å². The molecule has 0 aliphatic heterocycles. The topological polar surface area (TPSA) is 101 Å². The number of halogens is 4. The maximum Gasteiger partial charge on any atom is 0.389 e. The van der Waals surface area contributed by atoms with E-state index < -0.39 is 36.6 Å². The Morgan fingerprint density at radius 2 is 1.87 bits per heavy atom. The second-order valence-electron chi connectivity index (χ2n) is 6.37. The van der Waals surface area contributed by atoms with Crippen LogP contribution >= 0.6 is 0 Å². The minimum atomic E-state index is -4.38. The van der Waals surface area contributed by atoms with Crippen LogP contribution < -0.4 is 10.6 Å². The van der Waals surface area contributed by atoms with Crippen LogP contribution in [-0.4, -0.2) is 37.6 Å². The molecule has 0 spiro atoms. The number of fused-ring (bicyclic) bond motifs is 1. The molecule has 0 aromatic carbocycles. The van der Waals surface area contributed by atoms with Crippen LogP contribution in [0.5, 0.6) is 0 Å². The van der Waals surface area contributed by atoms with E-state index in [4.69, 9.17) is 0 Å². The zero-order chi connectivity index (χ0) is 21.7. The van der Waals surface area contributed by atoms with Gasteiger partial charge in [-0.2, -0.15) is 18.3 Å². The zero-order valence-corrected chi connectivity index (χ0v) is 15.4. The molecule has 0 saturated heterocycles. The van der Waals surface area contributed by atoms with Crippen molar-refractivity contribution in [3.8, 4) is 0 Å². The third kappa shape index (κ3) is 5.96. The number of hydrogen-bond donors (Lipinski definition) is 2. The Kier molecular flexibility index (Phi) is 6.23. The number of amides is 2. The number of alkyl halides is 3. The number of aromatic nitrogens is 4. The molecule has 0 atom stereocenters. The lowest BCUT2D eigenvalue weighted by molar-refractivity contribution is -0.144. The van der Waals surface area contributed by atoms with Crippen LogP contribution in [-0.2, 0) is 17.9 Å². The molecular weight excluding hydrogens is 408 g/mol. The predicted octanol–water partition coefficient (Wildman–Crippen LogP) is 2.15. The summed E-state index contributed by atoms with van der Waals surface area (Å²) < 4.78 is 51.0. The van der Waals surface area contributed by atoms with Crippen LogP contribution in [0, 0.1) is 5.82 Å². The third-order valence-electron chi connectivity index (χ3n) is 3.95. The summed E-state index contributed by atoms with van der Waals surface area (Å²) in [5, 5.41) is 9.09. The van der Waals surface area contributed by atoms with E-state index in [2.05, 4.69) is 25.7 Å². The van der Waals surface area contributed by atoms with Gasteiger partial charge >= 0.3 is 6.18 Å². The van der Waals surface area contributed by atoms with Gasteiger partial charge in [-0.1, -0.05) is 0 Å². The molecule has 0 saturated carbocycles. The van der Waals surface area contributed by atoms with Crippen molar-refractivity contribution in [2.24, 2.45) is 0 Å². The molecule has 0 aliphatic rings. The fourth-order valence-corrected chi connectivity index (χ4v) is 2.50. The number of carbonyl (C=O) groups excluding carboxylic acids is 2. The highest BCUT2D eigenvalue weighted by Crippen LogP contribution is 2.21. The van der Waals surface area contributed by atoms with E-state index in [9.17, 15) is 27.2 Å². The molecule has 8 nitrogen and oxygen atoms in total. The Morgan fingerprint density at radius 1 is 1.07 bits per heavy atom. The van der Waals surface area contributed by atoms with Crippen LogP contribution in [0.15, 0.2) is 36.9 Å². The molecule has 30 heavy (non-hydrogen) atoms. The molecule has 2 N–H and O–H groups in total. The van der Waals surface area contributed by atoms with E-state index in [0.717, 1.165) is 12.3 Å². The number of rotatable bonds is 7. The Morgan fingerprint density at radius 3 is 2.60 bits per heavy atom. The van der Waals surface area contributed by atoms with Gasteiger partial charge in [-0.15, -0.1) is 0 Å². The highest BCUT2D eigenvalue weighted by Gasteiger charge is 2.27. The summed E-state index contributed by atoms with van der Waals surface area (Å²) in [6, 6.07) is 2.67. The summed E-state index contributed by atoms with van der Waals surface area (Å²) in [5.74, 6) is -1.86. The molecule has 3 rings (SSSR count). The second kappa shape index (κ2) is 8.84. The summed E-state index contributed by atoms with van der Waals surface area (Å²) in [5.41, 5.74) is 1.52. The van der Waals surface area contributed by atoms with E-state index >= 15 is 0 Å². The molecular formula is C18H16F4N6O2. The fourth-order valence-electron chi connectivity index (χ4n) is 2.50. The molecule has 3 aromatic rings. The summed E-state index contributed by atoms with van der Waals surface area (Å²) in [7, 11) is 0. The van der Waals surface area contributed by atoms with Crippen molar-refractivity contribution >= 4 is 17.5 Å². The van der Waals surface area contributed by atoms with Crippen molar-refractivity contribution in [3.63, 3.8) is 0 Å². The average Bonchev–Trinajstić information content (AvgIpc) is 3.10. The molecule has 3 aromatic heterocycles. The smallest absolute Gasteiger partial charge is 0.352 e. The molecule has 0 radical (unpaired) electrons. The van der Waals surface area contributed by atoms with Crippen molar-refractivity contribution in [2.45, 2.75) is 32.1 Å². The van der Waals surface area contributed by atoms with Crippen molar-refractivity contribution in [2.75, 3.05) is 0 Å². The van der Waals surface area contributed by atoms with Gasteiger partial charge in [0, 0.05) is 19.2 Å². The largest absolute Gasteiger partial charge is 0.389 e. The van der Waals surface area contributed by atoms with Crippen LogP contribution in [0.4, 0.5) is 17.6 Å². The molecule has 0 aliphatic carbocycles. The Hall–Kier alpha value is -3.57. The van der Waals surface area contributed by atoms with E-state index in [1.54, 1.807) is 12.3 Å². The molecule has 12 heteroatoms. The first-order valence-electron chi connectivity index (χ1n) is 8.75. The molecule has 2 amide bonds. The first kappa shape index (κ1) is 21.1. The predicted molar refractivity (Wildman–Crippen MR) is 95.5 cm³/mol. The normalized spacial score (nSPS) is 11.5. The number of imidazole rings is 1. The summed E-state index contributed by atoms with van der Waals surface area (Å²) >= 11 is 0. The highest BCUT2D eigenvalue weighted by atomic mass is 19.4. The fraction of sp³-hybridized carbons (Fsp3) is 0.278. The number of nitrogens with zero attached hydrogens (tertiary/aromatic N) is 4. The highest BCUT2D eigenvalue weighted by molar-refractivity contribution is 5.93. The standard InChI is InChI=1S/C18H16F4N6O2/c19-13-4-12(7-23-8-13)17(30)25-9-14-10-28-15(27-14)3-11(6-26-28)5-24-16(29)1-2-18(20,21)22/h3-4,6-8,10H,1-2,5,9H2,(H,24,29)(H,25,30). The van der Waals surface area contributed by atoms with Crippen LogP contribution in [0.25, 0.3) is 5.65 Å². The Bertz CT molecular complexity index is 1070. The van der Waals surface area contributed by atoms with E-state index in [0.29, 0.717) is 16.9 Å². The molecule has 0 fully saturated rings. The summed E-state index contributed by atoms with van der Waals surface area (Å²) in [6.45, 7) is 0.0634. The number of hydrogen-bond acceptors (Lipinski definition) is 5. The van der Waals surface area contributed by atoms with Crippen LogP contribution in [0.3, 0.4) is 0 Å². The monoisotopic (exact) mass is 424 g/mol. The quantitative estimate of drug-likeness (QED) is 0.566. The zero-order valence-electron chi connectivity index (χ0n) is 15.4. The Labute approximate surface area is 167 Å². The van der Waals surface area contributed by atoms with Crippen LogP contribution in [0.1, 0.15) is 34.5 Å². The number of nitrogens with one attached hydrogen (secondary N) is 2. The minimum Gasteiger partial charge on any atom is -0.352 e. The van der Waals surface area contributed by atoms with E-state index in [-0.39, 0.29) is 18.7 Å². The maximum absolute atomic E-state index is 13.1. The first-order valence-corrected chi connectivity index (χ1v) is 8.75. The second-order valence-corrected chi connectivity index (χ2v) is 6.37. The van der Waals surface area contributed by atoms with Crippen LogP contribution in [0.2, 0.25) is 0 Å². The van der Waals surface area contributed by atoms with Gasteiger partial charge in [0.2, 0.25) is 5.91 Å². The van der Waals surface area contributed by atoms with Gasteiger partial charge in [-0.3, -0.25) is 14.6 Å². The van der Waals surface area contributed by atoms with Crippen molar-refractivity contribution < 1.29 is 27.2 Å². The summed E-state index contributed by atoms with van der Waals surface area (Å²) in [4.78, 5) is 31.4. The van der Waals surface area contributed by atoms with Gasteiger partial charge in [0.25, 0.3) is 5.91 Å². The van der Waals surface area contributed by atoms with Crippen molar-refractivity contribution in [1.29, 1.82) is 0 Å². The lowest BCUT2D eigenvalue weighted by Gasteiger charge is -2.07. The lowest BCUT2D eigenvalue weighted by atomic mass is 10.2. The molecule has 158 valence electrons. The van der Waals surface area contributed by atoms with Crippen molar-refractivity contribution in [3.05, 3.63) is 59.6 Å². The van der Waals surface area contributed by atoms with E-state index in [1.807, 2.05) is 0 Å². The third-order valence-corrected chi connectivity index (χ3v) is 3.95. The van der Waals surface area contributed by atoms with Gasteiger partial charge in [0.05, 0.1) is 42.8 Å². The van der Waals surface area contributed by atoms with Gasteiger partial charge < -0.3 is 10.6 Å². The van der Waals surface area contributed by atoms with Gasteiger partial charge in [0.15, 0.2) is 5.65 Å². The molecule has 0 bridgehead atoms. The number of carbonyl (C=O) groups is 2. The van der Waals surface area contributed by atoms with Gasteiger partial charge in [-0.05, 0) is 17.7 Å².